The minimum atomic E-state index is 0.678. The Morgan fingerprint density at radius 3 is 2.96 bits per heavy atom. The number of thiazole rings is 1. The van der Waals surface area contributed by atoms with E-state index in [-0.39, 0.29) is 0 Å². The third kappa shape index (κ3) is 2.29. The lowest BCUT2D eigenvalue weighted by Gasteiger charge is -2.07. The number of fused-ring (bicyclic) bond motifs is 2. The van der Waals surface area contributed by atoms with Crippen molar-refractivity contribution in [1.29, 1.82) is 0 Å². The SMILES string of the molecule is Nn1cc(-c2cnc3c(Nc4ccc5ncsc5c4)nccn23)cn1. The summed E-state index contributed by atoms with van der Waals surface area (Å²) in [7, 11) is 0. The van der Waals surface area contributed by atoms with Crippen molar-refractivity contribution < 1.29 is 0 Å². The molecule has 0 unspecified atom stereocenters. The average molecular weight is 348 g/mol. The van der Waals surface area contributed by atoms with Gasteiger partial charge < -0.3 is 11.2 Å². The first-order valence-corrected chi connectivity index (χ1v) is 8.38. The van der Waals surface area contributed by atoms with Gasteiger partial charge in [0.25, 0.3) is 0 Å². The van der Waals surface area contributed by atoms with Gasteiger partial charge in [0.2, 0.25) is 0 Å². The monoisotopic (exact) mass is 348 g/mol. The number of nitrogens with zero attached hydrogens (tertiary/aromatic N) is 6. The van der Waals surface area contributed by atoms with Gasteiger partial charge in [0.15, 0.2) is 11.5 Å². The molecule has 4 heterocycles. The van der Waals surface area contributed by atoms with E-state index in [0.29, 0.717) is 5.82 Å². The van der Waals surface area contributed by atoms with Gasteiger partial charge >= 0.3 is 0 Å². The summed E-state index contributed by atoms with van der Waals surface area (Å²) in [5.41, 5.74) is 6.28. The van der Waals surface area contributed by atoms with Gasteiger partial charge in [0.05, 0.1) is 40.0 Å². The van der Waals surface area contributed by atoms with Crippen molar-refractivity contribution in [1.82, 2.24) is 29.2 Å². The molecule has 0 saturated carbocycles. The van der Waals surface area contributed by atoms with E-state index in [2.05, 4.69) is 31.4 Å². The van der Waals surface area contributed by atoms with Gasteiger partial charge in [0.1, 0.15) is 0 Å². The van der Waals surface area contributed by atoms with Crippen LogP contribution >= 0.6 is 11.3 Å². The quantitative estimate of drug-likeness (QED) is 0.486. The van der Waals surface area contributed by atoms with E-state index in [1.807, 2.05) is 28.2 Å². The number of rotatable bonds is 3. The number of nitrogens with two attached hydrogens (primary N) is 1. The van der Waals surface area contributed by atoms with Gasteiger partial charge in [-0.1, -0.05) is 0 Å². The Morgan fingerprint density at radius 2 is 2.08 bits per heavy atom. The maximum atomic E-state index is 5.64. The van der Waals surface area contributed by atoms with E-state index in [1.54, 1.807) is 36.1 Å². The molecule has 5 rings (SSSR count). The van der Waals surface area contributed by atoms with Gasteiger partial charge in [0, 0.05) is 23.6 Å². The number of anilines is 2. The molecular weight excluding hydrogens is 336 g/mol. The summed E-state index contributed by atoms with van der Waals surface area (Å²) in [6.45, 7) is 0. The lowest BCUT2D eigenvalue weighted by Crippen LogP contribution is -2.07. The van der Waals surface area contributed by atoms with Crippen molar-refractivity contribution in [3.63, 3.8) is 0 Å². The molecule has 0 amide bonds. The van der Waals surface area contributed by atoms with Crippen LogP contribution in [0, 0.1) is 0 Å². The number of hydrogen-bond donors (Lipinski definition) is 2. The summed E-state index contributed by atoms with van der Waals surface area (Å²) in [6, 6.07) is 6.02. The molecule has 0 aliphatic rings. The summed E-state index contributed by atoms with van der Waals surface area (Å²) < 4.78 is 3.08. The van der Waals surface area contributed by atoms with E-state index >= 15 is 0 Å². The van der Waals surface area contributed by atoms with Crippen LogP contribution in [0.15, 0.2) is 54.7 Å². The molecule has 0 radical (unpaired) electrons. The second-order valence-corrected chi connectivity index (χ2v) is 6.37. The molecule has 0 aliphatic heterocycles. The molecule has 4 aromatic heterocycles. The van der Waals surface area contributed by atoms with E-state index in [4.69, 9.17) is 5.84 Å². The highest BCUT2D eigenvalue weighted by Gasteiger charge is 2.12. The van der Waals surface area contributed by atoms with Gasteiger partial charge in [-0.05, 0) is 18.2 Å². The number of nitrogens with one attached hydrogen (secondary N) is 1. The molecule has 122 valence electrons. The van der Waals surface area contributed by atoms with Crippen LogP contribution in [0.2, 0.25) is 0 Å². The van der Waals surface area contributed by atoms with Crippen molar-refractivity contribution >= 4 is 38.7 Å². The van der Waals surface area contributed by atoms with E-state index < -0.39 is 0 Å². The summed E-state index contributed by atoms with van der Waals surface area (Å²) in [5, 5.41) is 7.35. The summed E-state index contributed by atoms with van der Waals surface area (Å²) >= 11 is 1.61. The maximum absolute atomic E-state index is 5.64. The van der Waals surface area contributed by atoms with E-state index in [9.17, 15) is 0 Å². The fourth-order valence-electron chi connectivity index (χ4n) is 2.76. The number of imidazole rings is 1. The molecule has 3 N–H and O–H groups in total. The van der Waals surface area contributed by atoms with Gasteiger partial charge in [-0.15, -0.1) is 11.3 Å². The molecule has 0 atom stereocenters. The van der Waals surface area contributed by atoms with Crippen LogP contribution in [0.4, 0.5) is 11.5 Å². The molecule has 0 saturated heterocycles. The molecule has 8 nitrogen and oxygen atoms in total. The zero-order valence-electron chi connectivity index (χ0n) is 12.9. The first-order chi connectivity index (χ1) is 12.3. The Kier molecular flexibility index (Phi) is 2.94. The molecule has 0 fully saturated rings. The fraction of sp³-hybridized carbons (Fsp3) is 0. The lowest BCUT2D eigenvalue weighted by atomic mass is 10.3. The highest BCUT2D eigenvalue weighted by molar-refractivity contribution is 7.16. The number of hydrogen-bond acceptors (Lipinski definition) is 7. The van der Waals surface area contributed by atoms with Crippen LogP contribution in [0.1, 0.15) is 0 Å². The third-order valence-electron chi connectivity index (χ3n) is 3.92. The largest absolute Gasteiger partial charge is 0.337 e. The van der Waals surface area contributed by atoms with Gasteiger partial charge in [-0.2, -0.15) is 9.89 Å². The highest BCUT2D eigenvalue weighted by Crippen LogP contribution is 2.27. The van der Waals surface area contributed by atoms with Crippen molar-refractivity contribution in [2.75, 3.05) is 11.2 Å². The fourth-order valence-corrected chi connectivity index (χ4v) is 3.48. The Bertz CT molecular complexity index is 1200. The van der Waals surface area contributed by atoms with E-state index in [0.717, 1.165) is 32.8 Å². The lowest BCUT2D eigenvalue weighted by molar-refractivity contribution is 0.832. The Labute approximate surface area is 145 Å². The Balaban J connectivity index is 1.58. The van der Waals surface area contributed by atoms with Gasteiger partial charge in [-0.25, -0.2) is 15.0 Å². The Morgan fingerprint density at radius 1 is 1.12 bits per heavy atom. The van der Waals surface area contributed by atoms with Crippen LogP contribution < -0.4 is 11.2 Å². The van der Waals surface area contributed by atoms with E-state index in [1.165, 1.54) is 4.79 Å². The standard InChI is InChI=1S/C16H12N8S/c17-24-8-10(6-21-24)13-7-19-16-15(18-3-4-23(13)16)22-11-1-2-12-14(5-11)25-9-20-12/h1-9H,17H2,(H,18,22). The van der Waals surface area contributed by atoms with Gasteiger partial charge in [-0.3, -0.25) is 4.40 Å². The molecule has 9 heteroatoms. The van der Waals surface area contributed by atoms with Crippen LogP contribution in [0.25, 0.3) is 27.1 Å². The summed E-state index contributed by atoms with van der Waals surface area (Å²) in [4.78, 5) is 14.5. The maximum Gasteiger partial charge on any atom is 0.180 e. The number of benzene rings is 1. The molecular formula is C16H12N8S. The third-order valence-corrected chi connectivity index (χ3v) is 4.71. The van der Waals surface area contributed by atoms with Crippen LogP contribution in [0.3, 0.4) is 0 Å². The molecule has 0 bridgehead atoms. The number of aromatic nitrogens is 6. The normalized spacial score (nSPS) is 11.4. The Hall–Kier alpha value is -3.46. The van der Waals surface area contributed by atoms with Crippen molar-refractivity contribution in [2.24, 2.45) is 0 Å². The molecule has 5 aromatic rings. The molecule has 1 aromatic carbocycles. The predicted octanol–water partition coefficient (Wildman–Crippen LogP) is 2.66. The highest BCUT2D eigenvalue weighted by atomic mass is 32.1. The summed E-state index contributed by atoms with van der Waals surface area (Å²) in [6.07, 6.45) is 8.83. The average Bonchev–Trinajstić information content (AvgIpc) is 3.33. The molecule has 0 spiro atoms. The first kappa shape index (κ1) is 13.9. The predicted molar refractivity (Wildman–Crippen MR) is 97.3 cm³/mol. The van der Waals surface area contributed by atoms with Crippen LogP contribution in [-0.2, 0) is 0 Å². The second-order valence-electron chi connectivity index (χ2n) is 5.48. The zero-order valence-corrected chi connectivity index (χ0v) is 13.7. The first-order valence-electron chi connectivity index (χ1n) is 7.50. The molecule has 0 aliphatic carbocycles. The molecule has 25 heavy (non-hydrogen) atoms. The number of nitrogen functional groups attached to an aromatic ring is 1. The topological polar surface area (TPSA) is 99.0 Å². The minimum absolute atomic E-state index is 0.678. The van der Waals surface area contributed by atoms with Crippen molar-refractivity contribution in [2.45, 2.75) is 0 Å². The zero-order chi connectivity index (χ0) is 16.8. The van der Waals surface area contributed by atoms with Crippen molar-refractivity contribution in [3.8, 4) is 11.3 Å². The second kappa shape index (κ2) is 5.28. The smallest absolute Gasteiger partial charge is 0.180 e. The van der Waals surface area contributed by atoms with Crippen LogP contribution in [-0.4, -0.2) is 29.2 Å². The minimum Gasteiger partial charge on any atom is -0.337 e. The van der Waals surface area contributed by atoms with Crippen molar-refractivity contribution in [3.05, 3.63) is 54.7 Å². The van der Waals surface area contributed by atoms with Crippen LogP contribution in [0.5, 0.6) is 0 Å². The summed E-state index contributed by atoms with van der Waals surface area (Å²) in [5.74, 6) is 6.32.